The standard InChI is InChI=1S/C19H18ClN3O2S/c1-13(14-6-8-21-9-7-14)22-18(24)10-16-12-26-19(23-16)11-25-17-4-2-15(20)3-5-17/h2-9,12-13H,10-11H2,1H3,(H,22,24). The van der Waals surface area contributed by atoms with Crippen molar-refractivity contribution in [3.05, 3.63) is 75.5 Å². The van der Waals surface area contributed by atoms with Gasteiger partial charge in [-0.3, -0.25) is 9.78 Å². The van der Waals surface area contributed by atoms with Crippen LogP contribution in [0.3, 0.4) is 0 Å². The van der Waals surface area contributed by atoms with E-state index < -0.39 is 0 Å². The normalized spacial score (nSPS) is 11.8. The summed E-state index contributed by atoms with van der Waals surface area (Å²) in [4.78, 5) is 20.7. The first kappa shape index (κ1) is 18.4. The number of pyridine rings is 1. The molecule has 3 aromatic rings. The molecule has 1 amide bonds. The van der Waals surface area contributed by atoms with Crippen LogP contribution in [-0.2, 0) is 17.8 Å². The second kappa shape index (κ2) is 8.78. The van der Waals surface area contributed by atoms with Gasteiger partial charge in [-0.25, -0.2) is 4.98 Å². The number of ether oxygens (including phenoxy) is 1. The van der Waals surface area contributed by atoms with Crippen LogP contribution in [0.1, 0.15) is 29.2 Å². The number of nitrogens with zero attached hydrogens (tertiary/aromatic N) is 2. The molecule has 3 rings (SSSR count). The molecule has 1 N–H and O–H groups in total. The molecule has 134 valence electrons. The molecule has 0 saturated heterocycles. The van der Waals surface area contributed by atoms with Gasteiger partial charge in [0.05, 0.1) is 18.2 Å². The molecule has 2 aromatic heterocycles. The molecule has 0 aliphatic rings. The number of rotatable bonds is 7. The Morgan fingerprint density at radius 1 is 1.23 bits per heavy atom. The molecule has 0 spiro atoms. The highest BCUT2D eigenvalue weighted by Crippen LogP contribution is 2.18. The fraction of sp³-hybridized carbons (Fsp3) is 0.211. The molecule has 5 nitrogen and oxygen atoms in total. The van der Waals surface area contributed by atoms with Crippen LogP contribution in [0.4, 0.5) is 0 Å². The number of carbonyl (C=O) groups excluding carboxylic acids is 1. The van der Waals surface area contributed by atoms with Crippen LogP contribution in [0.25, 0.3) is 0 Å². The van der Waals surface area contributed by atoms with Gasteiger partial charge in [0.25, 0.3) is 0 Å². The average Bonchev–Trinajstić information content (AvgIpc) is 3.09. The van der Waals surface area contributed by atoms with E-state index in [1.165, 1.54) is 11.3 Å². The number of amides is 1. The second-order valence-electron chi connectivity index (χ2n) is 5.72. The molecule has 7 heteroatoms. The number of nitrogens with one attached hydrogen (secondary N) is 1. The molecule has 1 atom stereocenters. The Morgan fingerprint density at radius 3 is 2.69 bits per heavy atom. The van der Waals surface area contributed by atoms with E-state index in [2.05, 4.69) is 15.3 Å². The largest absolute Gasteiger partial charge is 0.486 e. The first-order valence-electron chi connectivity index (χ1n) is 8.11. The smallest absolute Gasteiger partial charge is 0.226 e. The van der Waals surface area contributed by atoms with Gasteiger partial charge in [0.1, 0.15) is 17.4 Å². The lowest BCUT2D eigenvalue weighted by Gasteiger charge is -2.13. The monoisotopic (exact) mass is 387 g/mol. The van der Waals surface area contributed by atoms with E-state index in [9.17, 15) is 4.79 Å². The van der Waals surface area contributed by atoms with Gasteiger partial charge in [-0.15, -0.1) is 11.3 Å². The third kappa shape index (κ3) is 5.28. The van der Waals surface area contributed by atoms with Crippen molar-refractivity contribution in [1.29, 1.82) is 0 Å². The summed E-state index contributed by atoms with van der Waals surface area (Å²) in [5.74, 6) is 0.667. The zero-order chi connectivity index (χ0) is 18.4. The van der Waals surface area contributed by atoms with Crippen LogP contribution in [-0.4, -0.2) is 15.9 Å². The predicted octanol–water partition coefficient (Wildman–Crippen LogP) is 4.19. The third-order valence-corrected chi connectivity index (χ3v) is 4.82. The summed E-state index contributed by atoms with van der Waals surface area (Å²) >= 11 is 7.33. The zero-order valence-corrected chi connectivity index (χ0v) is 15.8. The Hall–Kier alpha value is -2.44. The van der Waals surface area contributed by atoms with E-state index in [4.69, 9.17) is 16.3 Å². The minimum Gasteiger partial charge on any atom is -0.486 e. The Kier molecular flexibility index (Phi) is 6.20. The molecule has 0 saturated carbocycles. The van der Waals surface area contributed by atoms with Gasteiger partial charge >= 0.3 is 0 Å². The van der Waals surface area contributed by atoms with Gasteiger partial charge < -0.3 is 10.1 Å². The minimum atomic E-state index is -0.0724. The molecule has 0 fully saturated rings. The van der Waals surface area contributed by atoms with Crippen molar-refractivity contribution in [3.8, 4) is 5.75 Å². The number of thiazole rings is 1. The Balaban J connectivity index is 1.49. The van der Waals surface area contributed by atoms with E-state index in [1.807, 2.05) is 36.6 Å². The molecular weight excluding hydrogens is 370 g/mol. The molecule has 0 radical (unpaired) electrons. The van der Waals surface area contributed by atoms with E-state index in [-0.39, 0.29) is 18.4 Å². The fourth-order valence-electron chi connectivity index (χ4n) is 2.36. The number of carbonyl (C=O) groups is 1. The van der Waals surface area contributed by atoms with Gasteiger partial charge in [-0.05, 0) is 48.9 Å². The molecule has 1 unspecified atom stereocenters. The van der Waals surface area contributed by atoms with Gasteiger partial charge in [0.2, 0.25) is 5.91 Å². The number of halogens is 1. The van der Waals surface area contributed by atoms with Crippen molar-refractivity contribution in [1.82, 2.24) is 15.3 Å². The number of hydrogen-bond acceptors (Lipinski definition) is 5. The number of benzene rings is 1. The zero-order valence-electron chi connectivity index (χ0n) is 14.2. The number of aromatic nitrogens is 2. The SMILES string of the molecule is CC(NC(=O)Cc1csc(COc2ccc(Cl)cc2)n1)c1ccncc1. The molecule has 0 bridgehead atoms. The van der Waals surface area contributed by atoms with E-state index >= 15 is 0 Å². The lowest BCUT2D eigenvalue weighted by atomic mass is 10.1. The molecule has 26 heavy (non-hydrogen) atoms. The summed E-state index contributed by atoms with van der Waals surface area (Å²) in [5.41, 5.74) is 1.76. The van der Waals surface area contributed by atoms with E-state index in [1.54, 1.807) is 24.5 Å². The van der Waals surface area contributed by atoms with Crippen LogP contribution in [0.15, 0.2) is 54.2 Å². The summed E-state index contributed by atoms with van der Waals surface area (Å²) in [6, 6.07) is 10.9. The lowest BCUT2D eigenvalue weighted by molar-refractivity contribution is -0.121. The topological polar surface area (TPSA) is 64.1 Å². The maximum atomic E-state index is 12.2. The highest BCUT2D eigenvalue weighted by atomic mass is 35.5. The van der Waals surface area contributed by atoms with Crippen molar-refractivity contribution in [2.75, 3.05) is 0 Å². The molecule has 0 aliphatic heterocycles. The van der Waals surface area contributed by atoms with Crippen molar-refractivity contribution >= 4 is 28.8 Å². The van der Waals surface area contributed by atoms with Gasteiger partial charge in [-0.2, -0.15) is 0 Å². The van der Waals surface area contributed by atoms with Crippen LogP contribution in [0.5, 0.6) is 5.75 Å². The van der Waals surface area contributed by atoms with Crippen molar-refractivity contribution < 1.29 is 9.53 Å². The number of hydrogen-bond donors (Lipinski definition) is 1. The second-order valence-corrected chi connectivity index (χ2v) is 7.10. The van der Waals surface area contributed by atoms with Crippen LogP contribution in [0, 0.1) is 0 Å². The maximum Gasteiger partial charge on any atom is 0.226 e. The Labute approximate surface area is 161 Å². The summed E-state index contributed by atoms with van der Waals surface area (Å²) in [6.07, 6.45) is 3.67. The average molecular weight is 388 g/mol. The molecule has 0 aliphatic carbocycles. The Morgan fingerprint density at radius 2 is 1.96 bits per heavy atom. The highest BCUT2D eigenvalue weighted by Gasteiger charge is 2.12. The van der Waals surface area contributed by atoms with Gasteiger partial charge in [0, 0.05) is 22.8 Å². The maximum absolute atomic E-state index is 12.2. The van der Waals surface area contributed by atoms with E-state index in [0.29, 0.717) is 11.6 Å². The first-order chi connectivity index (χ1) is 12.6. The summed E-state index contributed by atoms with van der Waals surface area (Å²) in [5, 5.41) is 6.35. The predicted molar refractivity (Wildman–Crippen MR) is 102 cm³/mol. The highest BCUT2D eigenvalue weighted by molar-refractivity contribution is 7.09. The first-order valence-corrected chi connectivity index (χ1v) is 9.37. The van der Waals surface area contributed by atoms with Crippen LogP contribution < -0.4 is 10.1 Å². The van der Waals surface area contributed by atoms with Crippen molar-refractivity contribution in [2.45, 2.75) is 26.0 Å². The lowest BCUT2D eigenvalue weighted by Crippen LogP contribution is -2.28. The van der Waals surface area contributed by atoms with Gasteiger partial charge in [0.15, 0.2) is 0 Å². The van der Waals surface area contributed by atoms with Crippen LogP contribution in [0.2, 0.25) is 5.02 Å². The molecule has 2 heterocycles. The summed E-state index contributed by atoms with van der Waals surface area (Å²) < 4.78 is 5.67. The molecule has 1 aromatic carbocycles. The molecular formula is C19H18ClN3O2S. The van der Waals surface area contributed by atoms with E-state index in [0.717, 1.165) is 22.0 Å². The van der Waals surface area contributed by atoms with Crippen LogP contribution >= 0.6 is 22.9 Å². The van der Waals surface area contributed by atoms with Crippen molar-refractivity contribution in [2.24, 2.45) is 0 Å². The summed E-state index contributed by atoms with van der Waals surface area (Å²) in [7, 11) is 0. The third-order valence-electron chi connectivity index (χ3n) is 3.70. The fourth-order valence-corrected chi connectivity index (χ4v) is 3.20. The van der Waals surface area contributed by atoms with Gasteiger partial charge in [-0.1, -0.05) is 11.6 Å². The van der Waals surface area contributed by atoms with Crippen molar-refractivity contribution in [3.63, 3.8) is 0 Å². The quantitative estimate of drug-likeness (QED) is 0.660. The minimum absolute atomic E-state index is 0.0650. The Bertz CT molecular complexity index is 853. The summed E-state index contributed by atoms with van der Waals surface area (Å²) in [6.45, 7) is 2.31.